The zero-order valence-corrected chi connectivity index (χ0v) is 12.0. The van der Waals surface area contributed by atoms with Crippen LogP contribution in [0, 0.1) is 0 Å². The molecule has 3 rings (SSSR count). The van der Waals surface area contributed by atoms with Crippen LogP contribution < -0.4 is 10.3 Å². The number of hydrogen-bond donors (Lipinski definition) is 2. The van der Waals surface area contributed by atoms with E-state index in [0.29, 0.717) is 5.95 Å². The zero-order chi connectivity index (χ0) is 14.7. The van der Waals surface area contributed by atoms with Gasteiger partial charge in [0.1, 0.15) is 0 Å². The highest BCUT2D eigenvalue weighted by molar-refractivity contribution is 5.81. The Bertz CT molecular complexity index is 723. The van der Waals surface area contributed by atoms with E-state index in [2.05, 4.69) is 37.5 Å². The van der Waals surface area contributed by atoms with Gasteiger partial charge in [0.05, 0.1) is 17.2 Å². The summed E-state index contributed by atoms with van der Waals surface area (Å²) in [5.41, 5.74) is 7.02. The van der Waals surface area contributed by atoms with E-state index in [9.17, 15) is 0 Å². The lowest BCUT2D eigenvalue weighted by molar-refractivity contribution is 1.13. The van der Waals surface area contributed by atoms with Gasteiger partial charge in [-0.25, -0.2) is 10.4 Å². The fraction of sp³-hybridized carbons (Fsp3) is 0.125. The SMILES string of the molecule is CN(C)c1ccc(C=NNc2nc3ccccc3[nH]2)cc1. The lowest BCUT2D eigenvalue weighted by atomic mass is 10.2. The van der Waals surface area contributed by atoms with Crippen molar-refractivity contribution in [1.29, 1.82) is 0 Å². The number of aromatic nitrogens is 2. The molecule has 0 aliphatic carbocycles. The lowest BCUT2D eigenvalue weighted by Crippen LogP contribution is -2.08. The van der Waals surface area contributed by atoms with Crippen molar-refractivity contribution in [2.45, 2.75) is 0 Å². The van der Waals surface area contributed by atoms with Gasteiger partial charge in [-0.05, 0) is 29.8 Å². The van der Waals surface area contributed by atoms with E-state index in [0.717, 1.165) is 22.3 Å². The quantitative estimate of drug-likeness (QED) is 0.570. The Hall–Kier alpha value is -2.82. The summed E-state index contributed by atoms with van der Waals surface area (Å²) in [5.74, 6) is 0.636. The number of aromatic amines is 1. The molecule has 2 N–H and O–H groups in total. The number of benzene rings is 2. The van der Waals surface area contributed by atoms with Gasteiger partial charge in [-0.1, -0.05) is 24.3 Å². The van der Waals surface area contributed by atoms with Gasteiger partial charge >= 0.3 is 0 Å². The summed E-state index contributed by atoms with van der Waals surface area (Å²) >= 11 is 0. The summed E-state index contributed by atoms with van der Waals surface area (Å²) in [7, 11) is 4.04. The van der Waals surface area contributed by atoms with Gasteiger partial charge in [0.2, 0.25) is 5.95 Å². The molecule has 0 aliphatic heterocycles. The Balaban J connectivity index is 1.68. The molecular formula is C16H17N5. The maximum atomic E-state index is 4.39. The highest BCUT2D eigenvalue weighted by Gasteiger charge is 1.99. The monoisotopic (exact) mass is 279 g/mol. The number of H-pyrrole nitrogens is 1. The van der Waals surface area contributed by atoms with Crippen LogP contribution in [-0.4, -0.2) is 30.3 Å². The highest BCUT2D eigenvalue weighted by Crippen LogP contribution is 2.13. The number of nitrogens with zero attached hydrogens (tertiary/aromatic N) is 3. The summed E-state index contributed by atoms with van der Waals surface area (Å²) in [6.45, 7) is 0. The van der Waals surface area contributed by atoms with Gasteiger partial charge in [0, 0.05) is 19.8 Å². The Kier molecular flexibility index (Phi) is 3.55. The molecule has 0 amide bonds. The van der Waals surface area contributed by atoms with Crippen molar-refractivity contribution in [3.8, 4) is 0 Å². The van der Waals surface area contributed by atoms with Crippen LogP contribution in [0.4, 0.5) is 11.6 Å². The average molecular weight is 279 g/mol. The van der Waals surface area contributed by atoms with Crippen LogP contribution in [0.15, 0.2) is 53.6 Å². The normalized spacial score (nSPS) is 11.1. The molecule has 0 aliphatic rings. The second-order valence-corrected chi connectivity index (χ2v) is 4.96. The third-order valence-electron chi connectivity index (χ3n) is 3.18. The molecule has 0 fully saturated rings. The van der Waals surface area contributed by atoms with Crippen LogP contribution in [0.5, 0.6) is 0 Å². The molecular weight excluding hydrogens is 262 g/mol. The van der Waals surface area contributed by atoms with Crippen molar-refractivity contribution in [2.75, 3.05) is 24.4 Å². The summed E-state index contributed by atoms with van der Waals surface area (Å²) < 4.78 is 0. The fourth-order valence-corrected chi connectivity index (χ4v) is 2.03. The minimum atomic E-state index is 0.636. The van der Waals surface area contributed by atoms with Gasteiger partial charge in [-0.15, -0.1) is 0 Å². The van der Waals surface area contributed by atoms with E-state index in [1.165, 1.54) is 0 Å². The number of fused-ring (bicyclic) bond motifs is 1. The number of para-hydroxylation sites is 2. The maximum absolute atomic E-state index is 4.39. The molecule has 0 saturated heterocycles. The molecule has 0 bridgehead atoms. The molecule has 5 nitrogen and oxygen atoms in total. The van der Waals surface area contributed by atoms with Crippen molar-refractivity contribution in [1.82, 2.24) is 9.97 Å². The topological polar surface area (TPSA) is 56.3 Å². The minimum absolute atomic E-state index is 0.636. The number of hydrazone groups is 1. The van der Waals surface area contributed by atoms with Crippen molar-refractivity contribution >= 4 is 28.9 Å². The first kappa shape index (κ1) is 13.2. The van der Waals surface area contributed by atoms with Crippen molar-refractivity contribution in [3.05, 3.63) is 54.1 Å². The molecule has 1 heterocycles. The van der Waals surface area contributed by atoms with Gasteiger partial charge in [-0.2, -0.15) is 5.10 Å². The third-order valence-corrected chi connectivity index (χ3v) is 3.18. The summed E-state index contributed by atoms with van der Waals surface area (Å²) in [4.78, 5) is 9.62. The van der Waals surface area contributed by atoms with E-state index >= 15 is 0 Å². The number of imidazole rings is 1. The first-order valence-electron chi connectivity index (χ1n) is 6.73. The molecule has 0 atom stereocenters. The standard InChI is InChI=1S/C16H17N5/c1-21(2)13-9-7-12(8-10-13)11-17-20-16-18-14-5-3-4-6-15(14)19-16/h3-11H,1-2H3,(H2,18,19,20). The number of nitrogens with one attached hydrogen (secondary N) is 2. The van der Waals surface area contributed by atoms with Crippen LogP contribution in [0.25, 0.3) is 11.0 Å². The van der Waals surface area contributed by atoms with E-state index in [1.54, 1.807) is 6.21 Å². The molecule has 21 heavy (non-hydrogen) atoms. The van der Waals surface area contributed by atoms with Crippen LogP contribution in [0.2, 0.25) is 0 Å². The van der Waals surface area contributed by atoms with Crippen molar-refractivity contribution in [3.63, 3.8) is 0 Å². The highest BCUT2D eigenvalue weighted by atomic mass is 15.3. The van der Waals surface area contributed by atoms with Crippen LogP contribution in [0.1, 0.15) is 5.56 Å². The van der Waals surface area contributed by atoms with E-state index < -0.39 is 0 Å². The third kappa shape index (κ3) is 3.02. The maximum Gasteiger partial charge on any atom is 0.222 e. The molecule has 2 aromatic carbocycles. The molecule has 0 unspecified atom stereocenters. The first-order valence-corrected chi connectivity index (χ1v) is 6.73. The first-order chi connectivity index (χ1) is 10.2. The lowest BCUT2D eigenvalue weighted by Gasteiger charge is -2.11. The van der Waals surface area contributed by atoms with E-state index in [1.807, 2.05) is 50.5 Å². The van der Waals surface area contributed by atoms with Gasteiger partial charge in [0.25, 0.3) is 0 Å². The van der Waals surface area contributed by atoms with Crippen molar-refractivity contribution in [2.24, 2.45) is 5.10 Å². The largest absolute Gasteiger partial charge is 0.378 e. The Labute approximate surface area is 123 Å². The molecule has 106 valence electrons. The van der Waals surface area contributed by atoms with Crippen LogP contribution in [-0.2, 0) is 0 Å². The molecule has 5 heteroatoms. The van der Waals surface area contributed by atoms with Crippen LogP contribution >= 0.6 is 0 Å². The van der Waals surface area contributed by atoms with Crippen molar-refractivity contribution < 1.29 is 0 Å². The Morgan fingerprint density at radius 1 is 1.10 bits per heavy atom. The summed E-state index contributed by atoms with van der Waals surface area (Å²) in [6, 6.07) is 16.0. The number of rotatable bonds is 4. The Morgan fingerprint density at radius 3 is 2.57 bits per heavy atom. The summed E-state index contributed by atoms with van der Waals surface area (Å²) in [5, 5.41) is 4.20. The Morgan fingerprint density at radius 2 is 1.86 bits per heavy atom. The predicted molar refractivity (Wildman–Crippen MR) is 88.1 cm³/mol. The molecule has 3 aromatic rings. The fourth-order valence-electron chi connectivity index (χ4n) is 2.03. The molecule has 0 saturated carbocycles. The van der Waals surface area contributed by atoms with Gasteiger partial charge < -0.3 is 9.88 Å². The zero-order valence-electron chi connectivity index (χ0n) is 12.0. The van der Waals surface area contributed by atoms with E-state index in [-0.39, 0.29) is 0 Å². The predicted octanol–water partition coefficient (Wildman–Crippen LogP) is 3.07. The number of anilines is 2. The molecule has 0 spiro atoms. The smallest absolute Gasteiger partial charge is 0.222 e. The molecule has 0 radical (unpaired) electrons. The molecule has 1 aromatic heterocycles. The van der Waals surface area contributed by atoms with Gasteiger partial charge in [0.15, 0.2) is 0 Å². The number of hydrogen-bond acceptors (Lipinski definition) is 4. The average Bonchev–Trinajstić information content (AvgIpc) is 2.90. The van der Waals surface area contributed by atoms with E-state index in [4.69, 9.17) is 0 Å². The second-order valence-electron chi connectivity index (χ2n) is 4.96. The summed E-state index contributed by atoms with van der Waals surface area (Å²) in [6.07, 6.45) is 1.77. The van der Waals surface area contributed by atoms with Crippen LogP contribution in [0.3, 0.4) is 0 Å². The minimum Gasteiger partial charge on any atom is -0.378 e. The second kappa shape index (κ2) is 5.66. The van der Waals surface area contributed by atoms with Gasteiger partial charge in [-0.3, -0.25) is 0 Å².